The summed E-state index contributed by atoms with van der Waals surface area (Å²) in [6.07, 6.45) is 12.1. The Morgan fingerprint density at radius 3 is 1.82 bits per heavy atom. The number of rotatable bonds is 12. The summed E-state index contributed by atoms with van der Waals surface area (Å²) in [5, 5.41) is 0.253. The van der Waals surface area contributed by atoms with E-state index in [4.69, 9.17) is 9.16 Å². The summed E-state index contributed by atoms with van der Waals surface area (Å²) in [4.78, 5) is 0. The van der Waals surface area contributed by atoms with Gasteiger partial charge in [0.2, 0.25) is 0 Å². The van der Waals surface area contributed by atoms with E-state index in [1.807, 2.05) is 0 Å². The molecular formula is C24H50O2SiSn. The molecule has 0 bridgehead atoms. The Hall–Kier alpha value is 0.516. The third-order valence-electron chi connectivity index (χ3n) is 7.17. The molecule has 28 heavy (non-hydrogen) atoms. The molecule has 166 valence electrons. The van der Waals surface area contributed by atoms with E-state index in [9.17, 15) is 0 Å². The zero-order valence-electron chi connectivity index (χ0n) is 20.6. The normalized spacial score (nSPS) is 21.4. The number of ether oxygens (including phenoxy) is 1. The Labute approximate surface area is 182 Å². The molecule has 0 amide bonds. The Kier molecular flexibility index (Phi) is 11.2. The van der Waals surface area contributed by atoms with Crippen LogP contribution in [0.5, 0.6) is 0 Å². The first kappa shape index (κ1) is 26.6. The van der Waals surface area contributed by atoms with Crippen molar-refractivity contribution in [1.82, 2.24) is 0 Å². The molecule has 0 saturated heterocycles. The topological polar surface area (TPSA) is 18.5 Å². The minimum atomic E-state index is -2.44. The molecular weight excluding hydrogens is 467 g/mol. The first-order chi connectivity index (χ1) is 13.0. The Morgan fingerprint density at radius 2 is 1.46 bits per heavy atom. The van der Waals surface area contributed by atoms with Crippen LogP contribution < -0.4 is 0 Å². The fourth-order valence-electron chi connectivity index (χ4n) is 4.07. The van der Waals surface area contributed by atoms with Crippen LogP contribution in [0.15, 0.2) is 9.85 Å². The zero-order valence-corrected chi connectivity index (χ0v) is 24.5. The molecule has 0 spiro atoms. The van der Waals surface area contributed by atoms with Gasteiger partial charge in [-0.15, -0.1) is 0 Å². The second-order valence-electron chi connectivity index (χ2n) is 10.6. The average Bonchev–Trinajstić information content (AvgIpc) is 2.62. The average molecular weight is 517 g/mol. The zero-order chi connectivity index (χ0) is 21.4. The standard InChI is InChI=1S/C12H23O2Si.3C4H9.Sn/c1-10-11(8-7-9-13-10)14-15(5,6)12(2,3)4;3*1-3-4-2;/h7,10-11H,8H2,1-6H3;3*1,3-4H2,2H3;/t10-,11+;;;;/m0..../s1. The molecule has 0 N–H and O–H groups in total. The summed E-state index contributed by atoms with van der Waals surface area (Å²) < 4.78 is 19.5. The van der Waals surface area contributed by atoms with Gasteiger partial charge in [-0.05, 0) is 0 Å². The Balaban J connectivity index is 3.04. The van der Waals surface area contributed by atoms with Crippen LogP contribution in [-0.4, -0.2) is 38.9 Å². The molecule has 0 saturated carbocycles. The van der Waals surface area contributed by atoms with E-state index in [0.717, 1.165) is 6.42 Å². The van der Waals surface area contributed by atoms with Crippen molar-refractivity contribution in [3.8, 4) is 0 Å². The van der Waals surface area contributed by atoms with Crippen molar-refractivity contribution in [2.45, 2.75) is 137 Å². The number of hydrogen-bond acceptors (Lipinski definition) is 2. The second-order valence-corrected chi connectivity index (χ2v) is 28.4. The molecule has 0 aromatic carbocycles. The molecule has 1 aliphatic rings. The van der Waals surface area contributed by atoms with Gasteiger partial charge in [-0.3, -0.25) is 0 Å². The van der Waals surface area contributed by atoms with Crippen molar-refractivity contribution in [2.75, 3.05) is 0 Å². The maximum absolute atomic E-state index is 6.77. The first-order valence-electron chi connectivity index (χ1n) is 12.1. The van der Waals surface area contributed by atoms with Gasteiger partial charge >= 0.3 is 183 Å². The summed E-state index contributed by atoms with van der Waals surface area (Å²) in [5.74, 6) is 0. The van der Waals surface area contributed by atoms with Crippen LogP contribution in [0.1, 0.15) is 93.4 Å². The van der Waals surface area contributed by atoms with Gasteiger partial charge in [0.05, 0.1) is 0 Å². The summed E-state index contributed by atoms with van der Waals surface area (Å²) in [7, 11) is -1.76. The number of hydrogen-bond donors (Lipinski definition) is 0. The SMILES string of the molecule is CCC[CH2][Sn]([CH2]CCC)([CH2]CCC)[C]1=CC[C@@H](O[Si](C)(C)C(C)(C)C)[C@H](C)O1. The molecule has 0 aromatic rings. The van der Waals surface area contributed by atoms with E-state index in [0.29, 0.717) is 0 Å². The van der Waals surface area contributed by atoms with E-state index in [1.54, 1.807) is 0 Å². The van der Waals surface area contributed by atoms with Gasteiger partial charge in [0, 0.05) is 0 Å². The molecule has 2 atom stereocenters. The van der Waals surface area contributed by atoms with Crippen LogP contribution in [0.3, 0.4) is 0 Å². The maximum atomic E-state index is 6.77. The summed E-state index contributed by atoms with van der Waals surface area (Å²) in [5.41, 5.74) is 0. The predicted octanol–water partition coefficient (Wildman–Crippen LogP) is 8.46. The van der Waals surface area contributed by atoms with Crippen molar-refractivity contribution in [3.63, 3.8) is 0 Å². The molecule has 0 aliphatic carbocycles. The van der Waals surface area contributed by atoms with Crippen LogP contribution in [0.4, 0.5) is 0 Å². The van der Waals surface area contributed by atoms with Crippen LogP contribution >= 0.6 is 0 Å². The Bertz CT molecular complexity index is 460. The molecule has 0 radical (unpaired) electrons. The monoisotopic (exact) mass is 518 g/mol. The van der Waals surface area contributed by atoms with Gasteiger partial charge < -0.3 is 0 Å². The van der Waals surface area contributed by atoms with Crippen molar-refractivity contribution in [2.24, 2.45) is 0 Å². The second kappa shape index (κ2) is 11.8. The fraction of sp³-hybridized carbons (Fsp3) is 0.917. The predicted molar refractivity (Wildman–Crippen MR) is 130 cm³/mol. The molecule has 2 nitrogen and oxygen atoms in total. The quantitative estimate of drug-likeness (QED) is 0.242. The Morgan fingerprint density at radius 1 is 1.00 bits per heavy atom. The van der Waals surface area contributed by atoms with Crippen LogP contribution in [0.25, 0.3) is 0 Å². The van der Waals surface area contributed by atoms with Gasteiger partial charge in [0.15, 0.2) is 0 Å². The van der Waals surface area contributed by atoms with E-state index in [2.05, 4.69) is 67.6 Å². The van der Waals surface area contributed by atoms with Crippen molar-refractivity contribution < 1.29 is 9.16 Å². The number of unbranched alkanes of at least 4 members (excludes halogenated alkanes) is 3. The molecule has 0 aromatic heterocycles. The summed E-state index contributed by atoms with van der Waals surface area (Å²) in [6.45, 7) is 21.0. The molecule has 0 unspecified atom stereocenters. The van der Waals surface area contributed by atoms with Gasteiger partial charge in [-0.25, -0.2) is 0 Å². The van der Waals surface area contributed by atoms with Crippen molar-refractivity contribution >= 4 is 26.7 Å². The van der Waals surface area contributed by atoms with Crippen LogP contribution in [0, 0.1) is 0 Å². The molecule has 1 aliphatic heterocycles. The minimum absolute atomic E-state index is 0.204. The third kappa shape index (κ3) is 7.33. The van der Waals surface area contributed by atoms with E-state index >= 15 is 0 Å². The summed E-state index contributed by atoms with van der Waals surface area (Å²) in [6, 6.07) is 0. The van der Waals surface area contributed by atoms with Gasteiger partial charge in [-0.2, -0.15) is 0 Å². The molecule has 4 heteroatoms. The van der Waals surface area contributed by atoms with Crippen molar-refractivity contribution in [3.05, 3.63) is 9.85 Å². The van der Waals surface area contributed by atoms with E-state index in [1.165, 1.54) is 55.6 Å². The van der Waals surface area contributed by atoms with E-state index < -0.39 is 26.7 Å². The van der Waals surface area contributed by atoms with E-state index in [-0.39, 0.29) is 17.2 Å². The molecule has 0 fully saturated rings. The van der Waals surface area contributed by atoms with Gasteiger partial charge in [0.1, 0.15) is 0 Å². The van der Waals surface area contributed by atoms with Gasteiger partial charge in [-0.1, -0.05) is 0 Å². The van der Waals surface area contributed by atoms with Crippen LogP contribution in [-0.2, 0) is 9.16 Å². The third-order valence-corrected chi connectivity index (χ3v) is 26.8. The fourth-order valence-corrected chi connectivity index (χ4v) is 21.4. The van der Waals surface area contributed by atoms with Crippen molar-refractivity contribution in [1.29, 1.82) is 0 Å². The molecule has 1 heterocycles. The summed E-state index contributed by atoms with van der Waals surface area (Å²) >= 11 is -2.44. The van der Waals surface area contributed by atoms with Gasteiger partial charge in [0.25, 0.3) is 0 Å². The first-order valence-corrected chi connectivity index (χ1v) is 22.5. The molecule has 1 rings (SSSR count). The van der Waals surface area contributed by atoms with Crippen LogP contribution in [0.2, 0.25) is 31.4 Å².